The van der Waals surface area contributed by atoms with Crippen LogP contribution in [0.3, 0.4) is 0 Å². The third kappa shape index (κ3) is 18.5. The molecule has 16 heteroatoms. The summed E-state index contributed by atoms with van der Waals surface area (Å²) in [7, 11) is 2.36. The number of carbonyl (C=O) groups is 4. The van der Waals surface area contributed by atoms with Crippen LogP contribution in [0.2, 0.25) is 0 Å². The number of ether oxygens (including phenoxy) is 8. The van der Waals surface area contributed by atoms with Crippen molar-refractivity contribution in [3.8, 4) is 0 Å². The largest absolute Gasteiger partial charge is 0.508 e. The summed E-state index contributed by atoms with van der Waals surface area (Å²) in [6, 6.07) is 0. The minimum absolute atomic E-state index is 0. The molecule has 0 saturated heterocycles. The predicted molar refractivity (Wildman–Crippen MR) is 118 cm³/mol. The molecule has 0 heterocycles. The fourth-order valence-electron chi connectivity index (χ4n) is 3.36. The number of rotatable bonds is 8. The van der Waals surface area contributed by atoms with Gasteiger partial charge in [-0.1, -0.05) is 12.8 Å². The van der Waals surface area contributed by atoms with Crippen molar-refractivity contribution in [3.63, 3.8) is 0 Å². The molecule has 2 aliphatic carbocycles. The molecule has 2 saturated carbocycles. The summed E-state index contributed by atoms with van der Waals surface area (Å²) >= 11 is 0. The second-order valence-electron chi connectivity index (χ2n) is 7.82. The van der Waals surface area contributed by atoms with E-state index in [2.05, 4.69) is 28.4 Å². The van der Waals surface area contributed by atoms with Crippen LogP contribution in [0.5, 0.6) is 0 Å². The van der Waals surface area contributed by atoms with E-state index in [0.29, 0.717) is 25.7 Å². The Morgan fingerprint density at radius 3 is 1.13 bits per heavy atom. The average Bonchev–Trinajstić information content (AvgIpc) is 2.87. The third-order valence-corrected chi connectivity index (χ3v) is 5.21. The number of aliphatic hydroxyl groups excluding tert-OH is 2. The van der Waals surface area contributed by atoms with Crippen LogP contribution in [0.15, 0.2) is 0 Å². The van der Waals surface area contributed by atoms with Crippen LogP contribution in [0.1, 0.15) is 51.4 Å². The molecule has 2 N–H and O–H groups in total. The minimum Gasteiger partial charge on any atom is -0.438 e. The van der Waals surface area contributed by atoms with E-state index < -0.39 is 49.0 Å². The van der Waals surface area contributed by atoms with E-state index in [0.717, 1.165) is 25.7 Å². The van der Waals surface area contributed by atoms with Crippen LogP contribution in [0.25, 0.3) is 0 Å². The van der Waals surface area contributed by atoms with Crippen molar-refractivity contribution in [2.24, 2.45) is 0 Å². The maximum Gasteiger partial charge on any atom is 0.508 e. The monoisotopic (exact) mass is 702 g/mol. The smallest absolute Gasteiger partial charge is 0.438 e. The molecular formula is C22H36O14Y2. The van der Waals surface area contributed by atoms with Gasteiger partial charge in [-0.15, -0.1) is 0 Å². The van der Waals surface area contributed by atoms with Crippen molar-refractivity contribution < 1.29 is 133 Å². The Hall–Kier alpha value is -0.792. The molecule has 14 nitrogen and oxygen atoms in total. The Bertz CT molecular complexity index is 624. The normalized spacial score (nSPS) is 21.8. The van der Waals surface area contributed by atoms with E-state index in [-0.39, 0.29) is 91.8 Å². The zero-order valence-corrected chi connectivity index (χ0v) is 27.4. The van der Waals surface area contributed by atoms with E-state index in [1.165, 1.54) is 14.2 Å². The number of methoxy groups -OCH3 is 2. The molecular weight excluding hydrogens is 666 g/mol. The molecule has 0 bridgehead atoms. The maximum atomic E-state index is 11.2. The summed E-state index contributed by atoms with van der Waals surface area (Å²) in [5.74, 6) is 0. The summed E-state index contributed by atoms with van der Waals surface area (Å²) < 4.78 is 36.7. The van der Waals surface area contributed by atoms with Gasteiger partial charge in [0.25, 0.3) is 0 Å². The van der Waals surface area contributed by atoms with Gasteiger partial charge in [-0.2, -0.15) is 0 Å². The zero-order chi connectivity index (χ0) is 26.8. The van der Waals surface area contributed by atoms with Crippen LogP contribution < -0.4 is 0 Å². The first-order valence-corrected chi connectivity index (χ1v) is 11.7. The van der Waals surface area contributed by atoms with Gasteiger partial charge in [-0.3, -0.25) is 0 Å². The molecule has 0 aromatic carbocycles. The summed E-state index contributed by atoms with van der Waals surface area (Å²) in [4.78, 5) is 43.6. The molecule has 0 aromatic rings. The zero-order valence-electron chi connectivity index (χ0n) is 21.7. The molecule has 2 rings (SSSR count). The van der Waals surface area contributed by atoms with Crippen LogP contribution >= 0.6 is 0 Å². The molecule has 4 atom stereocenters. The van der Waals surface area contributed by atoms with Crippen LogP contribution in [-0.4, -0.2) is 99.9 Å². The van der Waals surface area contributed by atoms with E-state index in [9.17, 15) is 29.4 Å². The van der Waals surface area contributed by atoms with Crippen molar-refractivity contribution in [3.05, 3.63) is 0 Å². The topological polar surface area (TPSA) is 183 Å². The molecule has 214 valence electrons. The SMILES string of the molecule is COC(=O)OCCOC(=O)OC1CCCCC1O.COC(=O)OCCOC(=O)OC1CCCCC1O.[Y].[Y]. The van der Waals surface area contributed by atoms with Gasteiger partial charge in [0.2, 0.25) is 0 Å². The summed E-state index contributed by atoms with van der Waals surface area (Å²) in [5.41, 5.74) is 0. The first kappa shape index (κ1) is 39.4. The molecule has 0 spiro atoms. The summed E-state index contributed by atoms with van der Waals surface area (Å²) in [6.07, 6.45) is 0.549. The summed E-state index contributed by atoms with van der Waals surface area (Å²) in [6.45, 7) is -0.433. The Balaban J connectivity index is 0. The van der Waals surface area contributed by atoms with Crippen molar-refractivity contribution in [1.82, 2.24) is 0 Å². The minimum atomic E-state index is -0.866. The molecule has 0 aromatic heterocycles. The van der Waals surface area contributed by atoms with Gasteiger partial charge >= 0.3 is 24.6 Å². The van der Waals surface area contributed by atoms with E-state index >= 15 is 0 Å². The Kier molecular flexibility index (Phi) is 24.9. The second kappa shape index (κ2) is 24.0. The number of hydrogen-bond acceptors (Lipinski definition) is 14. The molecule has 0 amide bonds. The second-order valence-corrected chi connectivity index (χ2v) is 7.82. The van der Waals surface area contributed by atoms with Gasteiger partial charge in [0, 0.05) is 65.4 Å². The van der Waals surface area contributed by atoms with Gasteiger partial charge in [0.15, 0.2) is 0 Å². The maximum absolute atomic E-state index is 11.2. The van der Waals surface area contributed by atoms with Crippen LogP contribution in [0, 0.1) is 0 Å². The number of hydrogen-bond donors (Lipinski definition) is 2. The molecule has 2 radical (unpaired) electrons. The Labute approximate surface area is 271 Å². The van der Waals surface area contributed by atoms with Gasteiger partial charge in [-0.25, -0.2) is 19.2 Å². The van der Waals surface area contributed by atoms with Crippen molar-refractivity contribution in [1.29, 1.82) is 0 Å². The molecule has 0 aliphatic heterocycles. The van der Waals surface area contributed by atoms with Crippen molar-refractivity contribution in [2.45, 2.75) is 75.8 Å². The number of carbonyl (C=O) groups excluding carboxylic acids is 4. The molecule has 4 unspecified atom stereocenters. The predicted octanol–water partition coefficient (Wildman–Crippen LogP) is 2.45. The van der Waals surface area contributed by atoms with Crippen LogP contribution in [-0.2, 0) is 103 Å². The fourth-order valence-corrected chi connectivity index (χ4v) is 3.36. The Morgan fingerprint density at radius 2 is 0.842 bits per heavy atom. The average molecular weight is 702 g/mol. The van der Waals surface area contributed by atoms with E-state index in [1.54, 1.807) is 0 Å². The van der Waals surface area contributed by atoms with Gasteiger partial charge < -0.3 is 48.1 Å². The van der Waals surface area contributed by atoms with Crippen LogP contribution in [0.4, 0.5) is 19.2 Å². The summed E-state index contributed by atoms with van der Waals surface area (Å²) in [5, 5.41) is 19.2. The molecule has 38 heavy (non-hydrogen) atoms. The molecule has 2 aliphatic rings. The van der Waals surface area contributed by atoms with Gasteiger partial charge in [-0.05, 0) is 38.5 Å². The van der Waals surface area contributed by atoms with Crippen molar-refractivity contribution >= 4 is 24.6 Å². The fraction of sp³-hybridized carbons (Fsp3) is 0.818. The van der Waals surface area contributed by atoms with Crippen molar-refractivity contribution in [2.75, 3.05) is 40.6 Å². The van der Waals surface area contributed by atoms with Gasteiger partial charge in [0.05, 0.1) is 26.4 Å². The first-order chi connectivity index (χ1) is 17.3. The standard InChI is InChI=1S/2C11H18O7.2Y/c2*1-15-10(13)16-6-7-17-11(14)18-9-5-3-2-4-8(9)12;;/h2*8-9,12H,2-7H2,1H3;;. The van der Waals surface area contributed by atoms with E-state index in [4.69, 9.17) is 9.47 Å². The number of aliphatic hydroxyl groups is 2. The third-order valence-electron chi connectivity index (χ3n) is 5.21. The van der Waals surface area contributed by atoms with Gasteiger partial charge in [0.1, 0.15) is 38.6 Å². The first-order valence-electron chi connectivity index (χ1n) is 11.7. The quantitative estimate of drug-likeness (QED) is 0.214. The van der Waals surface area contributed by atoms with E-state index in [1.807, 2.05) is 0 Å². The molecule has 2 fully saturated rings. The Morgan fingerprint density at radius 1 is 0.553 bits per heavy atom.